The number of thiazole rings is 1. The fourth-order valence-electron chi connectivity index (χ4n) is 1.33. The Morgan fingerprint density at radius 2 is 1.95 bits per heavy atom. The lowest BCUT2D eigenvalue weighted by molar-refractivity contribution is 0.622. The van der Waals surface area contributed by atoms with Crippen LogP contribution in [0.1, 0.15) is 32.6 Å². The summed E-state index contributed by atoms with van der Waals surface area (Å²) in [6, 6.07) is 1.39. The van der Waals surface area contributed by atoms with Gasteiger partial charge in [0.05, 0.1) is 11.1 Å². The summed E-state index contributed by atoms with van der Waals surface area (Å²) in [6.07, 6.45) is 2.72. The summed E-state index contributed by atoms with van der Waals surface area (Å²) in [4.78, 5) is 8.87. The number of hydrogen-bond donors (Lipinski definition) is 1. The first kappa shape index (κ1) is 16.4. The standard InChI is InChI=1S/C11H10ClFN2S2.C2H6/c1-11(2,16)8-9(12)15-10(17-8)6-3-7(13)5-14-4-6;1-2/h3-5,16H,1-2H3;1-2H3. The third-order valence-electron chi connectivity index (χ3n) is 2.09. The first-order valence-electron chi connectivity index (χ1n) is 5.88. The summed E-state index contributed by atoms with van der Waals surface area (Å²) in [7, 11) is 0. The summed E-state index contributed by atoms with van der Waals surface area (Å²) in [5, 5.41) is 1.06. The molecule has 2 aromatic rings. The fourth-order valence-corrected chi connectivity index (χ4v) is 3.07. The largest absolute Gasteiger partial charge is 0.261 e. The molecule has 2 rings (SSSR count). The van der Waals surface area contributed by atoms with Crippen LogP contribution >= 0.6 is 35.6 Å². The number of halogens is 2. The lowest BCUT2D eigenvalue weighted by Crippen LogP contribution is -2.05. The zero-order valence-electron chi connectivity index (χ0n) is 11.2. The van der Waals surface area contributed by atoms with E-state index >= 15 is 0 Å². The van der Waals surface area contributed by atoms with E-state index in [0.717, 1.165) is 11.1 Å². The van der Waals surface area contributed by atoms with Crippen molar-refractivity contribution in [1.29, 1.82) is 0 Å². The van der Waals surface area contributed by atoms with Gasteiger partial charge in [0.15, 0.2) is 0 Å². The number of aromatic nitrogens is 2. The van der Waals surface area contributed by atoms with Gasteiger partial charge >= 0.3 is 0 Å². The molecule has 19 heavy (non-hydrogen) atoms. The topological polar surface area (TPSA) is 25.8 Å². The quantitative estimate of drug-likeness (QED) is 0.771. The van der Waals surface area contributed by atoms with E-state index in [1.165, 1.54) is 17.4 Å². The van der Waals surface area contributed by atoms with Crippen molar-refractivity contribution in [2.75, 3.05) is 0 Å². The molecule has 0 unspecified atom stereocenters. The second-order valence-corrected chi connectivity index (χ2v) is 6.56. The third-order valence-corrected chi connectivity index (χ3v) is 4.28. The molecule has 0 aliphatic carbocycles. The van der Waals surface area contributed by atoms with Crippen molar-refractivity contribution in [3.8, 4) is 10.6 Å². The normalized spacial score (nSPS) is 10.9. The molecule has 2 heterocycles. The van der Waals surface area contributed by atoms with Crippen LogP contribution in [0.4, 0.5) is 4.39 Å². The van der Waals surface area contributed by atoms with Crippen molar-refractivity contribution in [3.05, 3.63) is 34.3 Å². The molecule has 0 saturated heterocycles. The third kappa shape index (κ3) is 4.16. The van der Waals surface area contributed by atoms with Gasteiger partial charge in [-0.1, -0.05) is 25.4 Å². The smallest absolute Gasteiger partial charge is 0.145 e. The predicted octanol–water partition coefficient (Wildman–Crippen LogP) is 5.19. The molecule has 0 N–H and O–H groups in total. The van der Waals surface area contributed by atoms with Crippen LogP contribution in [0.3, 0.4) is 0 Å². The van der Waals surface area contributed by atoms with Crippen molar-refractivity contribution in [3.63, 3.8) is 0 Å². The molecule has 0 aliphatic heterocycles. The van der Waals surface area contributed by atoms with E-state index in [1.807, 2.05) is 27.7 Å². The highest BCUT2D eigenvalue weighted by Crippen LogP contribution is 2.40. The zero-order chi connectivity index (χ0) is 14.6. The minimum atomic E-state index is -0.388. The Morgan fingerprint density at radius 1 is 1.32 bits per heavy atom. The summed E-state index contributed by atoms with van der Waals surface area (Å²) < 4.78 is 12.7. The average Bonchev–Trinajstić information content (AvgIpc) is 2.74. The van der Waals surface area contributed by atoms with E-state index in [-0.39, 0.29) is 10.6 Å². The molecule has 0 radical (unpaired) electrons. The van der Waals surface area contributed by atoms with E-state index in [4.69, 9.17) is 11.6 Å². The summed E-state index contributed by atoms with van der Waals surface area (Å²) in [6.45, 7) is 7.87. The van der Waals surface area contributed by atoms with Gasteiger partial charge in [0.2, 0.25) is 0 Å². The van der Waals surface area contributed by atoms with Crippen molar-refractivity contribution >= 4 is 35.6 Å². The first-order chi connectivity index (χ1) is 8.88. The van der Waals surface area contributed by atoms with Gasteiger partial charge in [-0.25, -0.2) is 9.37 Å². The van der Waals surface area contributed by atoms with E-state index in [2.05, 4.69) is 22.6 Å². The van der Waals surface area contributed by atoms with Crippen molar-refractivity contribution in [2.45, 2.75) is 32.4 Å². The molecule has 0 fully saturated rings. The molecule has 0 atom stereocenters. The van der Waals surface area contributed by atoms with Crippen molar-refractivity contribution in [2.24, 2.45) is 0 Å². The Balaban J connectivity index is 0.000000861. The average molecular weight is 319 g/mol. The molecule has 0 amide bonds. The van der Waals surface area contributed by atoms with Crippen molar-refractivity contribution < 1.29 is 4.39 Å². The van der Waals surface area contributed by atoms with E-state index in [0.29, 0.717) is 15.7 Å². The number of thiol groups is 1. The van der Waals surface area contributed by atoms with Gasteiger partial charge in [0.25, 0.3) is 0 Å². The molecule has 0 aromatic carbocycles. The highest BCUT2D eigenvalue weighted by Gasteiger charge is 2.23. The molecular formula is C13H16ClFN2S2. The lowest BCUT2D eigenvalue weighted by atomic mass is 10.2. The summed E-state index contributed by atoms with van der Waals surface area (Å²) >= 11 is 11.9. The molecule has 0 bridgehead atoms. The maximum absolute atomic E-state index is 13.1. The monoisotopic (exact) mass is 318 g/mol. The Bertz CT molecular complexity index is 550. The van der Waals surface area contributed by atoms with Gasteiger partial charge in [-0.2, -0.15) is 12.6 Å². The molecule has 104 valence electrons. The Hall–Kier alpha value is -0.650. The second kappa shape index (κ2) is 6.68. The van der Waals surface area contributed by atoms with Gasteiger partial charge in [-0.15, -0.1) is 11.3 Å². The summed E-state index contributed by atoms with van der Waals surface area (Å²) in [5.41, 5.74) is 0.626. The molecular weight excluding hydrogens is 303 g/mol. The van der Waals surface area contributed by atoms with Gasteiger partial charge in [-0.3, -0.25) is 4.98 Å². The zero-order valence-corrected chi connectivity index (χ0v) is 13.7. The Kier molecular flexibility index (Phi) is 5.77. The number of rotatable bonds is 2. The second-order valence-electron chi connectivity index (χ2n) is 4.09. The number of hydrogen-bond acceptors (Lipinski definition) is 4. The van der Waals surface area contributed by atoms with Crippen molar-refractivity contribution in [1.82, 2.24) is 9.97 Å². The fraction of sp³-hybridized carbons (Fsp3) is 0.385. The molecule has 2 nitrogen and oxygen atoms in total. The van der Waals surface area contributed by atoms with Crippen LogP contribution in [0.25, 0.3) is 10.6 Å². The van der Waals surface area contributed by atoms with Crippen LogP contribution in [-0.2, 0) is 4.75 Å². The van der Waals surface area contributed by atoms with Gasteiger partial charge < -0.3 is 0 Å². The molecule has 2 aromatic heterocycles. The SMILES string of the molecule is CC.CC(C)(S)c1sc(-c2cncc(F)c2)nc1Cl. The predicted molar refractivity (Wildman–Crippen MR) is 83.7 cm³/mol. The summed E-state index contributed by atoms with van der Waals surface area (Å²) in [5.74, 6) is -0.388. The van der Waals surface area contributed by atoms with Gasteiger partial charge in [0, 0.05) is 16.5 Å². The lowest BCUT2D eigenvalue weighted by Gasteiger charge is -2.14. The van der Waals surface area contributed by atoms with Crippen LogP contribution < -0.4 is 0 Å². The molecule has 0 spiro atoms. The maximum Gasteiger partial charge on any atom is 0.145 e. The number of pyridine rings is 1. The van der Waals surface area contributed by atoms with Crippen LogP contribution in [0, 0.1) is 5.82 Å². The van der Waals surface area contributed by atoms with Crippen LogP contribution in [-0.4, -0.2) is 9.97 Å². The van der Waals surface area contributed by atoms with E-state index < -0.39 is 0 Å². The van der Waals surface area contributed by atoms with Crippen LogP contribution in [0.15, 0.2) is 18.5 Å². The minimum absolute atomic E-state index is 0.367. The van der Waals surface area contributed by atoms with Crippen LogP contribution in [0.2, 0.25) is 5.15 Å². The van der Waals surface area contributed by atoms with Gasteiger partial charge in [-0.05, 0) is 19.9 Å². The van der Waals surface area contributed by atoms with Gasteiger partial charge in [0.1, 0.15) is 16.0 Å². The van der Waals surface area contributed by atoms with Crippen LogP contribution in [0.5, 0.6) is 0 Å². The molecule has 0 aliphatic rings. The highest BCUT2D eigenvalue weighted by atomic mass is 35.5. The minimum Gasteiger partial charge on any atom is -0.261 e. The maximum atomic E-state index is 13.1. The van der Waals surface area contributed by atoms with E-state index in [1.54, 1.807) is 6.20 Å². The first-order valence-corrected chi connectivity index (χ1v) is 7.52. The van der Waals surface area contributed by atoms with E-state index in [9.17, 15) is 4.39 Å². The molecule has 0 saturated carbocycles. The number of nitrogens with zero attached hydrogens (tertiary/aromatic N) is 2. The highest BCUT2D eigenvalue weighted by molar-refractivity contribution is 7.81. The Morgan fingerprint density at radius 3 is 2.42 bits per heavy atom. The Labute approximate surface area is 127 Å². The molecule has 6 heteroatoms.